The maximum Gasteiger partial charge on any atom is 0.258 e. The van der Waals surface area contributed by atoms with Crippen LogP contribution in [0.25, 0.3) is 0 Å². The summed E-state index contributed by atoms with van der Waals surface area (Å²) in [4.78, 5) is 37.6. The summed E-state index contributed by atoms with van der Waals surface area (Å²) in [6, 6.07) is 6.31. The Bertz CT molecular complexity index is 1460. The van der Waals surface area contributed by atoms with Gasteiger partial charge >= 0.3 is 0 Å². The normalized spacial score (nSPS) is 21.3. The van der Waals surface area contributed by atoms with Gasteiger partial charge in [-0.3, -0.25) is 4.79 Å². The Morgan fingerprint density at radius 3 is 2.39 bits per heavy atom. The van der Waals surface area contributed by atoms with Crippen LogP contribution >= 0.6 is 0 Å². The van der Waals surface area contributed by atoms with Crippen LogP contribution < -0.4 is 15.0 Å². The molecule has 4 heterocycles. The minimum atomic E-state index is -0.480. The number of carbonyl (C=O) groups excluding carboxylic acids is 1. The van der Waals surface area contributed by atoms with E-state index in [-0.39, 0.29) is 29.0 Å². The number of amides is 1. The number of benzene rings is 1. The van der Waals surface area contributed by atoms with Gasteiger partial charge in [-0.25, -0.2) is 24.3 Å². The molecule has 0 atom stereocenters. The Hall–Kier alpha value is -3.86. The molecule has 11 heteroatoms. The number of rotatable bonds is 10. The summed E-state index contributed by atoms with van der Waals surface area (Å²) in [7, 11) is 0. The number of nitrogens with zero attached hydrogens (tertiary/aromatic N) is 7. The molecule has 3 aliphatic rings. The van der Waals surface area contributed by atoms with Crippen molar-refractivity contribution in [2.24, 2.45) is 11.3 Å². The third kappa shape index (κ3) is 7.24. The molecule has 1 N–H and O–H groups in total. The van der Waals surface area contributed by atoms with Crippen LogP contribution in [0.5, 0.6) is 11.5 Å². The first-order valence-electron chi connectivity index (χ1n) is 16.8. The van der Waals surface area contributed by atoms with Gasteiger partial charge in [0.25, 0.3) is 5.91 Å². The van der Waals surface area contributed by atoms with Crippen molar-refractivity contribution in [2.75, 3.05) is 42.9 Å². The Kier molecular flexibility index (Phi) is 9.67. The molecule has 1 spiro atoms. The summed E-state index contributed by atoms with van der Waals surface area (Å²) in [5.41, 5.74) is 0.474. The maximum atomic E-state index is 14.4. The molecule has 2 saturated heterocycles. The first-order chi connectivity index (χ1) is 22.2. The molecular formula is C35H47FN8O2. The van der Waals surface area contributed by atoms with Crippen molar-refractivity contribution in [1.29, 1.82) is 0 Å². The number of hydrogen-bond acceptors (Lipinski definition) is 9. The Labute approximate surface area is 271 Å². The van der Waals surface area contributed by atoms with Gasteiger partial charge < -0.3 is 24.8 Å². The van der Waals surface area contributed by atoms with Crippen molar-refractivity contribution < 1.29 is 13.9 Å². The topological polar surface area (TPSA) is 99.6 Å². The Balaban J connectivity index is 1.02. The van der Waals surface area contributed by atoms with Crippen molar-refractivity contribution in [1.82, 2.24) is 29.7 Å². The monoisotopic (exact) mass is 630 g/mol. The van der Waals surface area contributed by atoms with E-state index in [9.17, 15) is 9.18 Å². The maximum absolute atomic E-state index is 14.4. The molecule has 0 unspecified atom stereocenters. The van der Waals surface area contributed by atoms with Crippen LogP contribution in [0.2, 0.25) is 0 Å². The van der Waals surface area contributed by atoms with E-state index in [2.05, 4.69) is 35.1 Å². The van der Waals surface area contributed by atoms with Gasteiger partial charge in [0.1, 0.15) is 17.9 Å². The number of hydrogen-bond donors (Lipinski definition) is 1. The minimum absolute atomic E-state index is 0.0456. The number of ether oxygens (including phenoxy) is 1. The summed E-state index contributed by atoms with van der Waals surface area (Å²) in [6.45, 7) is 13.1. The molecule has 6 rings (SSSR count). The van der Waals surface area contributed by atoms with Crippen LogP contribution in [0.1, 0.15) is 76.6 Å². The zero-order valence-corrected chi connectivity index (χ0v) is 27.5. The average molecular weight is 631 g/mol. The summed E-state index contributed by atoms with van der Waals surface area (Å²) in [5, 5.41) is 3.50. The smallest absolute Gasteiger partial charge is 0.258 e. The van der Waals surface area contributed by atoms with Crippen LogP contribution in [0.4, 0.5) is 16.2 Å². The van der Waals surface area contributed by atoms with Crippen molar-refractivity contribution >= 4 is 17.7 Å². The van der Waals surface area contributed by atoms with E-state index in [1.54, 1.807) is 23.5 Å². The highest BCUT2D eigenvalue weighted by Gasteiger charge is 2.46. The van der Waals surface area contributed by atoms with E-state index < -0.39 is 5.82 Å². The fourth-order valence-corrected chi connectivity index (χ4v) is 7.55. The first kappa shape index (κ1) is 32.1. The second-order valence-corrected chi connectivity index (χ2v) is 13.9. The van der Waals surface area contributed by atoms with Gasteiger partial charge in [-0.2, -0.15) is 0 Å². The SMILES string of the molecule is CC(C)N(C(=O)c1cc(F)ccc1Oc1cncnc1N1CC2(CCN(C[C@H]3CC[C@H](Nc4ncccn4)CC3)CC2)C1)C(C)C. The van der Waals surface area contributed by atoms with Crippen molar-refractivity contribution in [2.45, 2.75) is 84.3 Å². The molecular weight excluding hydrogens is 583 g/mol. The van der Waals surface area contributed by atoms with Gasteiger partial charge in [0, 0.05) is 55.6 Å². The molecule has 3 fully saturated rings. The zero-order valence-electron chi connectivity index (χ0n) is 27.5. The summed E-state index contributed by atoms with van der Waals surface area (Å²) < 4.78 is 20.7. The number of aromatic nitrogens is 4. The highest BCUT2D eigenvalue weighted by atomic mass is 19.1. The molecule has 1 amide bonds. The fourth-order valence-electron chi connectivity index (χ4n) is 7.55. The summed E-state index contributed by atoms with van der Waals surface area (Å²) >= 11 is 0. The van der Waals surface area contributed by atoms with Gasteiger partial charge in [-0.15, -0.1) is 0 Å². The minimum Gasteiger partial charge on any atom is -0.451 e. The molecule has 46 heavy (non-hydrogen) atoms. The van der Waals surface area contributed by atoms with Crippen LogP contribution in [0.15, 0.2) is 49.2 Å². The molecule has 0 bridgehead atoms. The fraction of sp³-hybridized carbons (Fsp3) is 0.571. The van der Waals surface area contributed by atoms with E-state index >= 15 is 0 Å². The highest BCUT2D eigenvalue weighted by molar-refractivity contribution is 5.97. The van der Waals surface area contributed by atoms with Crippen LogP contribution in [0, 0.1) is 17.2 Å². The van der Waals surface area contributed by atoms with Crippen LogP contribution in [0.3, 0.4) is 0 Å². The van der Waals surface area contributed by atoms with Crippen LogP contribution in [-0.2, 0) is 0 Å². The van der Waals surface area contributed by atoms with E-state index in [0.29, 0.717) is 23.4 Å². The molecule has 0 radical (unpaired) electrons. The predicted molar refractivity (Wildman–Crippen MR) is 177 cm³/mol. The third-order valence-corrected chi connectivity index (χ3v) is 9.93. The van der Waals surface area contributed by atoms with Gasteiger partial charge in [-0.05, 0) is 109 Å². The van der Waals surface area contributed by atoms with Gasteiger partial charge in [0.05, 0.1) is 11.8 Å². The number of nitrogens with one attached hydrogen (secondary N) is 1. The lowest BCUT2D eigenvalue weighted by Crippen LogP contribution is -2.61. The zero-order chi connectivity index (χ0) is 32.3. The van der Waals surface area contributed by atoms with Crippen molar-refractivity contribution in [3.8, 4) is 11.5 Å². The molecule has 1 aromatic carbocycles. The number of likely N-dealkylation sites (tertiary alicyclic amines) is 1. The van der Waals surface area contributed by atoms with Crippen molar-refractivity contribution in [3.05, 3.63) is 60.6 Å². The molecule has 10 nitrogen and oxygen atoms in total. The van der Waals surface area contributed by atoms with Crippen molar-refractivity contribution in [3.63, 3.8) is 0 Å². The quantitative estimate of drug-likeness (QED) is 0.288. The van der Waals surface area contributed by atoms with Gasteiger partial charge in [-0.1, -0.05) is 0 Å². The second-order valence-electron chi connectivity index (χ2n) is 13.9. The highest BCUT2D eigenvalue weighted by Crippen LogP contribution is 2.45. The summed E-state index contributed by atoms with van der Waals surface area (Å²) in [6.07, 6.45) is 13.9. The molecule has 3 aromatic rings. The molecule has 2 aliphatic heterocycles. The second kappa shape index (κ2) is 13.9. The Morgan fingerprint density at radius 2 is 1.72 bits per heavy atom. The molecule has 2 aromatic heterocycles. The van der Waals surface area contributed by atoms with E-state index in [1.165, 1.54) is 69.6 Å². The number of halogens is 1. The number of carbonyl (C=O) groups is 1. The number of piperidine rings is 1. The predicted octanol–water partition coefficient (Wildman–Crippen LogP) is 6.03. The molecule has 1 aliphatic carbocycles. The number of anilines is 2. The lowest BCUT2D eigenvalue weighted by molar-refractivity contribution is 0.0622. The summed E-state index contributed by atoms with van der Waals surface area (Å²) in [5.74, 6) is 2.22. The lowest BCUT2D eigenvalue weighted by Gasteiger charge is -2.54. The molecule has 246 valence electrons. The van der Waals surface area contributed by atoms with Gasteiger partial charge in [0.15, 0.2) is 11.6 Å². The molecule has 1 saturated carbocycles. The lowest BCUT2D eigenvalue weighted by atomic mass is 9.71. The van der Waals surface area contributed by atoms with Gasteiger partial charge in [0.2, 0.25) is 5.95 Å². The van der Waals surface area contributed by atoms with Crippen LogP contribution in [-0.4, -0.2) is 86.5 Å². The standard InChI is InChI=1S/C35H47FN8O2/c1-24(2)44(25(3)4)33(45)29-18-27(36)8-11-30(29)46-31-19-37-23-40-32(31)43-21-35(22-43)12-16-42(17-13-35)20-26-6-9-28(10-7-26)41-34-38-14-5-15-39-34/h5,8,11,14-15,18-19,23-26,28H,6-7,9-10,12-13,16-17,20-22H2,1-4H3,(H,38,39,41)/t26-,28-. The van der Waals surface area contributed by atoms with E-state index in [4.69, 9.17) is 4.74 Å². The third-order valence-electron chi connectivity index (χ3n) is 9.93. The largest absolute Gasteiger partial charge is 0.451 e. The van der Waals surface area contributed by atoms with E-state index in [0.717, 1.165) is 38.0 Å². The average Bonchev–Trinajstić information content (AvgIpc) is 3.03. The first-order valence-corrected chi connectivity index (χ1v) is 16.8. The Morgan fingerprint density at radius 1 is 1.02 bits per heavy atom. The van der Waals surface area contributed by atoms with E-state index in [1.807, 2.05) is 33.8 Å².